The molecule has 0 aliphatic carbocycles. The normalized spacial score (nSPS) is 12.0. The summed E-state index contributed by atoms with van der Waals surface area (Å²) < 4.78 is 18.6. The van der Waals surface area contributed by atoms with Gasteiger partial charge in [-0.25, -0.2) is 4.39 Å². The van der Waals surface area contributed by atoms with Crippen molar-refractivity contribution in [2.45, 2.75) is 19.4 Å². The van der Waals surface area contributed by atoms with Gasteiger partial charge < -0.3 is 21.3 Å². The maximum atomic E-state index is 13.8. The predicted molar refractivity (Wildman–Crippen MR) is 65.5 cm³/mol. The number of hydrogen-bond donors (Lipinski definition) is 3. The van der Waals surface area contributed by atoms with E-state index in [1.807, 2.05) is 0 Å². The molecule has 0 saturated heterocycles. The number of primary amides is 1. The van der Waals surface area contributed by atoms with Gasteiger partial charge >= 0.3 is 5.97 Å². The van der Waals surface area contributed by atoms with Gasteiger partial charge in [0, 0.05) is 0 Å². The molecule has 0 aromatic heterocycles. The zero-order chi connectivity index (χ0) is 14.7. The highest BCUT2D eigenvalue weighted by Gasteiger charge is 2.22. The van der Waals surface area contributed by atoms with E-state index in [1.165, 1.54) is 14.0 Å². The molecule has 1 aromatic rings. The van der Waals surface area contributed by atoms with Crippen molar-refractivity contribution in [3.05, 3.63) is 28.6 Å². The molecule has 0 spiro atoms. The van der Waals surface area contributed by atoms with Crippen LogP contribution in [0.25, 0.3) is 0 Å². The van der Waals surface area contributed by atoms with Crippen molar-refractivity contribution in [3.8, 4) is 5.75 Å². The summed E-state index contributed by atoms with van der Waals surface area (Å²) in [6.45, 7) is 1.53. The van der Waals surface area contributed by atoms with E-state index in [1.54, 1.807) is 0 Å². The highest BCUT2D eigenvalue weighted by molar-refractivity contribution is 5.97. The maximum absolute atomic E-state index is 13.8. The van der Waals surface area contributed by atoms with E-state index < -0.39 is 23.7 Å². The number of halogens is 1. The summed E-state index contributed by atoms with van der Waals surface area (Å²) in [7, 11) is 1.22. The minimum atomic E-state index is -1.21. The smallest absolute Gasteiger partial charge is 0.320 e. The van der Waals surface area contributed by atoms with Crippen molar-refractivity contribution in [2.75, 3.05) is 7.11 Å². The number of ether oxygens (including phenoxy) is 1. The number of benzene rings is 1. The fourth-order valence-electron chi connectivity index (χ4n) is 1.81. The fourth-order valence-corrected chi connectivity index (χ4v) is 1.81. The van der Waals surface area contributed by atoms with E-state index in [-0.39, 0.29) is 17.7 Å². The number of carboxylic acid groups (broad SMARTS) is 1. The van der Waals surface area contributed by atoms with Crippen LogP contribution in [0.2, 0.25) is 0 Å². The molecule has 1 rings (SSSR count). The first kappa shape index (κ1) is 14.9. The van der Waals surface area contributed by atoms with E-state index in [4.69, 9.17) is 21.3 Å². The molecule has 0 fully saturated rings. The van der Waals surface area contributed by atoms with Gasteiger partial charge in [-0.05, 0) is 30.5 Å². The lowest BCUT2D eigenvalue weighted by molar-refractivity contribution is -0.138. The van der Waals surface area contributed by atoms with Crippen LogP contribution in [0.5, 0.6) is 5.75 Å². The topological polar surface area (TPSA) is 116 Å². The first-order chi connectivity index (χ1) is 8.79. The first-order valence-electron chi connectivity index (χ1n) is 5.43. The quantitative estimate of drug-likeness (QED) is 0.706. The third-order valence-corrected chi connectivity index (χ3v) is 2.81. The fraction of sp³-hybridized carbons (Fsp3) is 0.333. The Morgan fingerprint density at radius 2 is 2.11 bits per heavy atom. The average molecular weight is 270 g/mol. The van der Waals surface area contributed by atoms with Crippen LogP contribution in [0.3, 0.4) is 0 Å². The van der Waals surface area contributed by atoms with Gasteiger partial charge in [-0.1, -0.05) is 0 Å². The summed E-state index contributed by atoms with van der Waals surface area (Å²) in [6.07, 6.45) is -0.109. The summed E-state index contributed by atoms with van der Waals surface area (Å²) in [5.41, 5.74) is 11.1. The third kappa shape index (κ3) is 3.00. The largest absolute Gasteiger partial charge is 0.493 e. The molecular formula is C12H15FN2O4. The SMILES string of the molecule is COc1c(F)cc(CC(N)C(=O)O)c(C)c1C(N)=O. The number of amides is 1. The van der Waals surface area contributed by atoms with Gasteiger partial charge in [-0.15, -0.1) is 0 Å². The van der Waals surface area contributed by atoms with Crippen molar-refractivity contribution in [1.29, 1.82) is 0 Å². The van der Waals surface area contributed by atoms with E-state index in [9.17, 15) is 14.0 Å². The molecule has 19 heavy (non-hydrogen) atoms. The molecule has 0 aliphatic rings. The van der Waals surface area contributed by atoms with Crippen molar-refractivity contribution >= 4 is 11.9 Å². The number of nitrogens with two attached hydrogens (primary N) is 2. The second kappa shape index (κ2) is 5.66. The Morgan fingerprint density at radius 3 is 2.53 bits per heavy atom. The van der Waals surface area contributed by atoms with Crippen LogP contribution in [0, 0.1) is 12.7 Å². The second-order valence-electron chi connectivity index (χ2n) is 4.06. The molecule has 1 unspecified atom stereocenters. The second-order valence-corrected chi connectivity index (χ2v) is 4.06. The Balaban J connectivity index is 3.36. The van der Waals surface area contributed by atoms with E-state index in [0.29, 0.717) is 11.1 Å². The maximum Gasteiger partial charge on any atom is 0.320 e. The van der Waals surface area contributed by atoms with Gasteiger partial charge in [-0.3, -0.25) is 9.59 Å². The third-order valence-electron chi connectivity index (χ3n) is 2.81. The monoisotopic (exact) mass is 270 g/mol. The van der Waals surface area contributed by atoms with Gasteiger partial charge in [0.05, 0.1) is 12.7 Å². The minimum absolute atomic E-state index is 0.102. The standard InChI is InChI=1S/C12H15FN2O4/c1-5-6(4-8(14)12(17)18)3-7(13)10(19-2)9(5)11(15)16/h3,8H,4,14H2,1-2H3,(H2,15,16)(H,17,18). The molecule has 6 nitrogen and oxygen atoms in total. The van der Waals surface area contributed by atoms with E-state index in [0.717, 1.165) is 6.07 Å². The van der Waals surface area contributed by atoms with Crippen LogP contribution in [0.15, 0.2) is 6.07 Å². The zero-order valence-electron chi connectivity index (χ0n) is 10.6. The number of hydrogen-bond acceptors (Lipinski definition) is 4. The van der Waals surface area contributed by atoms with Gasteiger partial charge in [0.1, 0.15) is 6.04 Å². The Hall–Kier alpha value is -2.15. The van der Waals surface area contributed by atoms with E-state index in [2.05, 4.69) is 0 Å². The Kier molecular flexibility index (Phi) is 4.44. The van der Waals surface area contributed by atoms with Crippen LogP contribution in [-0.2, 0) is 11.2 Å². The van der Waals surface area contributed by atoms with E-state index >= 15 is 0 Å². The molecule has 1 aromatic carbocycles. The average Bonchev–Trinajstić information content (AvgIpc) is 2.31. The number of methoxy groups -OCH3 is 1. The Morgan fingerprint density at radius 1 is 1.53 bits per heavy atom. The number of carbonyl (C=O) groups excluding carboxylic acids is 1. The molecule has 104 valence electrons. The van der Waals surface area contributed by atoms with Gasteiger partial charge in [-0.2, -0.15) is 0 Å². The number of rotatable bonds is 5. The molecule has 5 N–H and O–H groups in total. The molecule has 1 atom stereocenters. The molecule has 0 bridgehead atoms. The number of aliphatic carboxylic acids is 1. The number of carboxylic acids is 1. The summed E-state index contributed by atoms with van der Waals surface area (Å²) in [6, 6.07) is -0.0872. The summed E-state index contributed by atoms with van der Waals surface area (Å²) in [5, 5.41) is 8.75. The minimum Gasteiger partial charge on any atom is -0.493 e. The van der Waals surface area contributed by atoms with Crippen LogP contribution >= 0.6 is 0 Å². The lowest BCUT2D eigenvalue weighted by Crippen LogP contribution is -2.32. The van der Waals surface area contributed by atoms with Crippen molar-refractivity contribution in [3.63, 3.8) is 0 Å². The number of carbonyl (C=O) groups is 2. The molecule has 0 aliphatic heterocycles. The van der Waals surface area contributed by atoms with Crippen molar-refractivity contribution in [1.82, 2.24) is 0 Å². The summed E-state index contributed by atoms with van der Waals surface area (Å²) in [4.78, 5) is 22.1. The van der Waals surface area contributed by atoms with Crippen LogP contribution in [0.4, 0.5) is 4.39 Å². The molecule has 7 heteroatoms. The molecule has 0 heterocycles. The zero-order valence-corrected chi connectivity index (χ0v) is 10.6. The van der Waals surface area contributed by atoms with Gasteiger partial charge in [0.2, 0.25) is 0 Å². The van der Waals surface area contributed by atoms with Crippen LogP contribution < -0.4 is 16.2 Å². The van der Waals surface area contributed by atoms with Crippen molar-refractivity contribution in [2.24, 2.45) is 11.5 Å². The van der Waals surface area contributed by atoms with Gasteiger partial charge in [0.15, 0.2) is 11.6 Å². The molecule has 1 amide bonds. The molecule has 0 radical (unpaired) electrons. The Bertz CT molecular complexity index is 531. The first-order valence-corrected chi connectivity index (χ1v) is 5.43. The lowest BCUT2D eigenvalue weighted by Gasteiger charge is -2.15. The van der Waals surface area contributed by atoms with Crippen LogP contribution in [-0.4, -0.2) is 30.1 Å². The molecule has 0 saturated carbocycles. The Labute approximate surface area is 109 Å². The highest BCUT2D eigenvalue weighted by Crippen LogP contribution is 2.29. The van der Waals surface area contributed by atoms with Crippen LogP contribution in [0.1, 0.15) is 21.5 Å². The summed E-state index contributed by atoms with van der Waals surface area (Å²) in [5.74, 6) is -3.10. The molecular weight excluding hydrogens is 255 g/mol. The predicted octanol–water partition coefficient (Wildman–Crippen LogP) is 0.196. The van der Waals surface area contributed by atoms with Gasteiger partial charge in [0.25, 0.3) is 5.91 Å². The summed E-state index contributed by atoms with van der Waals surface area (Å²) >= 11 is 0. The lowest BCUT2D eigenvalue weighted by atomic mass is 9.95. The highest BCUT2D eigenvalue weighted by atomic mass is 19.1. The van der Waals surface area contributed by atoms with Crippen molar-refractivity contribution < 1.29 is 23.8 Å².